The van der Waals surface area contributed by atoms with Gasteiger partial charge in [0.15, 0.2) is 5.76 Å². The largest absolute Gasteiger partial charge is 0.453 e. The second-order valence-corrected chi connectivity index (χ2v) is 6.04. The lowest BCUT2D eigenvalue weighted by molar-refractivity contribution is 0.0872. The van der Waals surface area contributed by atoms with Crippen LogP contribution < -0.4 is 5.32 Å². The highest BCUT2D eigenvalue weighted by molar-refractivity contribution is 5.91. The second-order valence-electron chi connectivity index (χ2n) is 6.04. The minimum atomic E-state index is -0.152. The fraction of sp³-hybridized carbons (Fsp3) is 0.444. The van der Waals surface area contributed by atoms with E-state index in [2.05, 4.69) is 15.2 Å². The van der Waals surface area contributed by atoms with E-state index in [1.807, 2.05) is 24.4 Å². The molecule has 0 aliphatic carbocycles. The summed E-state index contributed by atoms with van der Waals surface area (Å²) in [7, 11) is 1.60. The maximum atomic E-state index is 12.2. The number of hydrogen-bond acceptors (Lipinski definition) is 5. The number of likely N-dealkylation sites (tertiary alicyclic amines) is 1. The fourth-order valence-electron chi connectivity index (χ4n) is 2.93. The summed E-state index contributed by atoms with van der Waals surface area (Å²) in [6, 6.07) is 9.64. The predicted octanol–water partition coefficient (Wildman–Crippen LogP) is 2.22. The van der Waals surface area contributed by atoms with E-state index in [1.54, 1.807) is 19.2 Å². The van der Waals surface area contributed by atoms with Gasteiger partial charge in [-0.15, -0.1) is 0 Å². The van der Waals surface area contributed by atoms with Gasteiger partial charge in [0, 0.05) is 39.0 Å². The number of rotatable bonds is 6. The molecule has 2 aromatic rings. The number of furan rings is 1. The van der Waals surface area contributed by atoms with Gasteiger partial charge in [-0.05, 0) is 37.1 Å². The third-order valence-corrected chi connectivity index (χ3v) is 4.21. The van der Waals surface area contributed by atoms with Crippen molar-refractivity contribution in [1.82, 2.24) is 15.2 Å². The summed E-state index contributed by atoms with van der Waals surface area (Å²) in [5.41, 5.74) is 1.08. The molecule has 0 saturated carbocycles. The average molecular weight is 329 g/mol. The van der Waals surface area contributed by atoms with Gasteiger partial charge in [0.05, 0.1) is 5.69 Å². The highest BCUT2D eigenvalue weighted by Crippen LogP contribution is 2.15. The van der Waals surface area contributed by atoms with Crippen molar-refractivity contribution in [3.63, 3.8) is 0 Å². The molecule has 2 aromatic heterocycles. The summed E-state index contributed by atoms with van der Waals surface area (Å²) in [6.07, 6.45) is 3.69. The molecule has 0 spiro atoms. The van der Waals surface area contributed by atoms with Gasteiger partial charge >= 0.3 is 0 Å². The number of nitrogens with one attached hydrogen (secondary N) is 1. The Bertz CT molecular complexity index is 649. The first kappa shape index (κ1) is 16.7. The van der Waals surface area contributed by atoms with Gasteiger partial charge in [-0.1, -0.05) is 6.07 Å². The highest BCUT2D eigenvalue weighted by Gasteiger charge is 2.22. The summed E-state index contributed by atoms with van der Waals surface area (Å²) >= 11 is 0. The molecule has 0 atom stereocenters. The molecule has 3 heterocycles. The fourth-order valence-corrected chi connectivity index (χ4v) is 2.93. The van der Waals surface area contributed by atoms with Crippen molar-refractivity contribution in [1.29, 1.82) is 0 Å². The SMILES string of the molecule is COCc1ccc(C(=O)NC2CCN(Cc3ccccn3)CC2)o1. The summed E-state index contributed by atoms with van der Waals surface area (Å²) < 4.78 is 10.5. The summed E-state index contributed by atoms with van der Waals surface area (Å²) in [5.74, 6) is 0.853. The molecule has 1 amide bonds. The van der Waals surface area contributed by atoms with Crippen LogP contribution in [0.25, 0.3) is 0 Å². The zero-order valence-corrected chi connectivity index (χ0v) is 13.9. The second kappa shape index (κ2) is 8.08. The van der Waals surface area contributed by atoms with Gasteiger partial charge in [0.2, 0.25) is 0 Å². The van der Waals surface area contributed by atoms with E-state index in [9.17, 15) is 4.79 Å². The van der Waals surface area contributed by atoms with Crippen molar-refractivity contribution in [2.45, 2.75) is 32.0 Å². The number of pyridine rings is 1. The third-order valence-electron chi connectivity index (χ3n) is 4.21. The molecule has 0 radical (unpaired) electrons. The number of piperidine rings is 1. The molecule has 1 aliphatic rings. The Morgan fingerprint density at radius 1 is 1.33 bits per heavy atom. The number of hydrogen-bond donors (Lipinski definition) is 1. The Labute approximate surface area is 141 Å². The van der Waals surface area contributed by atoms with Gasteiger partial charge in [-0.3, -0.25) is 14.7 Å². The van der Waals surface area contributed by atoms with Crippen molar-refractivity contribution < 1.29 is 13.9 Å². The minimum Gasteiger partial charge on any atom is -0.453 e. The van der Waals surface area contributed by atoms with Crippen molar-refractivity contribution >= 4 is 5.91 Å². The first-order chi connectivity index (χ1) is 11.7. The maximum Gasteiger partial charge on any atom is 0.287 e. The Kier molecular flexibility index (Phi) is 5.61. The molecular formula is C18H23N3O3. The normalized spacial score (nSPS) is 16.2. The molecule has 1 fully saturated rings. The number of ether oxygens (including phenoxy) is 1. The Balaban J connectivity index is 1.45. The van der Waals surface area contributed by atoms with Crippen LogP contribution in [0.4, 0.5) is 0 Å². The third kappa shape index (κ3) is 4.43. The molecule has 24 heavy (non-hydrogen) atoms. The number of carbonyl (C=O) groups excluding carboxylic acids is 1. The van der Waals surface area contributed by atoms with Crippen molar-refractivity contribution in [3.05, 3.63) is 53.7 Å². The van der Waals surface area contributed by atoms with Gasteiger partial charge in [0.1, 0.15) is 12.4 Å². The topological polar surface area (TPSA) is 67.6 Å². The van der Waals surface area contributed by atoms with E-state index in [0.717, 1.165) is 38.2 Å². The van der Waals surface area contributed by atoms with E-state index in [-0.39, 0.29) is 11.9 Å². The molecule has 1 aliphatic heterocycles. The van der Waals surface area contributed by atoms with E-state index in [1.165, 1.54) is 0 Å². The number of methoxy groups -OCH3 is 1. The van der Waals surface area contributed by atoms with E-state index in [0.29, 0.717) is 18.1 Å². The molecule has 0 aromatic carbocycles. The van der Waals surface area contributed by atoms with E-state index < -0.39 is 0 Å². The molecular weight excluding hydrogens is 306 g/mol. The lowest BCUT2D eigenvalue weighted by Gasteiger charge is -2.31. The summed E-state index contributed by atoms with van der Waals surface area (Å²) in [5, 5.41) is 3.06. The zero-order valence-electron chi connectivity index (χ0n) is 13.9. The number of aromatic nitrogens is 1. The predicted molar refractivity (Wildman–Crippen MR) is 89.4 cm³/mol. The Hall–Kier alpha value is -2.18. The van der Waals surface area contributed by atoms with Crippen LogP contribution in [0.2, 0.25) is 0 Å². The van der Waals surface area contributed by atoms with Gasteiger partial charge in [0.25, 0.3) is 5.91 Å². The lowest BCUT2D eigenvalue weighted by atomic mass is 10.0. The quantitative estimate of drug-likeness (QED) is 0.880. The van der Waals surface area contributed by atoms with Gasteiger partial charge in [-0.2, -0.15) is 0 Å². The molecule has 128 valence electrons. The van der Waals surface area contributed by atoms with Crippen LogP contribution in [-0.2, 0) is 17.9 Å². The molecule has 3 rings (SSSR count). The van der Waals surface area contributed by atoms with Crippen LogP contribution in [0.5, 0.6) is 0 Å². The summed E-state index contributed by atoms with van der Waals surface area (Å²) in [6.45, 7) is 3.14. The number of nitrogens with zero attached hydrogens (tertiary/aromatic N) is 2. The van der Waals surface area contributed by atoms with Crippen molar-refractivity contribution in [2.75, 3.05) is 20.2 Å². The maximum absolute atomic E-state index is 12.2. The zero-order chi connectivity index (χ0) is 16.8. The smallest absolute Gasteiger partial charge is 0.287 e. The van der Waals surface area contributed by atoms with Crippen molar-refractivity contribution in [3.8, 4) is 0 Å². The summed E-state index contributed by atoms with van der Waals surface area (Å²) in [4.78, 5) is 19.0. The first-order valence-electron chi connectivity index (χ1n) is 8.25. The molecule has 0 unspecified atom stereocenters. The van der Waals surface area contributed by atoms with E-state index in [4.69, 9.17) is 9.15 Å². The molecule has 0 bridgehead atoms. The molecule has 1 N–H and O–H groups in total. The lowest BCUT2D eigenvalue weighted by Crippen LogP contribution is -2.44. The van der Waals surface area contributed by atoms with E-state index >= 15 is 0 Å². The van der Waals surface area contributed by atoms with Crippen LogP contribution in [0.15, 0.2) is 40.9 Å². The Morgan fingerprint density at radius 2 is 2.17 bits per heavy atom. The standard InChI is InChI=1S/C18H23N3O3/c1-23-13-16-5-6-17(24-16)18(22)20-14-7-10-21(11-8-14)12-15-4-2-3-9-19-15/h2-6,9,14H,7-8,10-13H2,1H3,(H,20,22). The molecule has 6 nitrogen and oxygen atoms in total. The minimum absolute atomic E-state index is 0.152. The molecule has 6 heteroatoms. The van der Waals surface area contributed by atoms with Crippen LogP contribution in [-0.4, -0.2) is 42.0 Å². The average Bonchev–Trinajstić information content (AvgIpc) is 3.07. The monoisotopic (exact) mass is 329 g/mol. The Morgan fingerprint density at radius 3 is 2.88 bits per heavy atom. The van der Waals surface area contributed by atoms with Crippen LogP contribution >= 0.6 is 0 Å². The van der Waals surface area contributed by atoms with Gasteiger partial charge in [-0.25, -0.2) is 0 Å². The van der Waals surface area contributed by atoms with Crippen LogP contribution in [0, 0.1) is 0 Å². The van der Waals surface area contributed by atoms with Crippen molar-refractivity contribution in [2.24, 2.45) is 0 Å². The van der Waals surface area contributed by atoms with Crippen LogP contribution in [0.1, 0.15) is 34.9 Å². The molecule has 1 saturated heterocycles. The first-order valence-corrected chi connectivity index (χ1v) is 8.25. The number of amides is 1. The highest BCUT2D eigenvalue weighted by atomic mass is 16.5. The number of carbonyl (C=O) groups is 1. The van der Waals surface area contributed by atoms with Gasteiger partial charge < -0.3 is 14.5 Å². The van der Waals surface area contributed by atoms with Crippen LogP contribution in [0.3, 0.4) is 0 Å².